The van der Waals surface area contributed by atoms with Crippen molar-refractivity contribution in [2.24, 2.45) is 0 Å². The van der Waals surface area contributed by atoms with Crippen molar-refractivity contribution in [2.45, 2.75) is 4.90 Å². The van der Waals surface area contributed by atoms with Crippen LogP contribution in [0.2, 0.25) is 0 Å². The Morgan fingerprint density at radius 3 is 2.85 bits per heavy atom. The van der Waals surface area contributed by atoms with E-state index in [1.54, 1.807) is 13.2 Å². The number of fused-ring (bicyclic) bond motifs is 1. The van der Waals surface area contributed by atoms with Crippen LogP contribution in [0.4, 0.5) is 0 Å². The summed E-state index contributed by atoms with van der Waals surface area (Å²) in [6.45, 7) is 0. The maximum atomic E-state index is 9.57. The van der Waals surface area contributed by atoms with Crippen molar-refractivity contribution in [3.05, 3.63) is 18.2 Å². The molecule has 0 saturated heterocycles. The molecule has 0 bridgehead atoms. The summed E-state index contributed by atoms with van der Waals surface area (Å²) in [6.07, 6.45) is 0. The molecule has 2 nitrogen and oxygen atoms in total. The molecule has 1 N–H and O–H groups in total. The predicted molar refractivity (Wildman–Crippen MR) is 57.3 cm³/mol. The number of ether oxygens (including phenoxy) is 1. The standard InChI is InChI=1S/C9H8O2S2/c1-11-8-3-5-2-6(12)4-7(10)9(5)13-8/h2-4,10,12H,1H3. The maximum absolute atomic E-state index is 9.57. The number of phenols is 1. The Morgan fingerprint density at radius 1 is 1.38 bits per heavy atom. The number of thiol groups is 1. The molecule has 0 unspecified atom stereocenters. The van der Waals surface area contributed by atoms with Crippen molar-refractivity contribution in [1.82, 2.24) is 0 Å². The number of rotatable bonds is 1. The molecule has 1 heterocycles. The molecule has 0 aliphatic carbocycles. The van der Waals surface area contributed by atoms with Gasteiger partial charge in [-0.1, -0.05) is 11.3 Å². The topological polar surface area (TPSA) is 29.5 Å². The number of thiophene rings is 1. The van der Waals surface area contributed by atoms with Gasteiger partial charge in [0.15, 0.2) is 5.06 Å². The lowest BCUT2D eigenvalue weighted by Gasteiger charge is -1.95. The minimum Gasteiger partial charge on any atom is -0.506 e. The van der Waals surface area contributed by atoms with E-state index in [1.807, 2.05) is 12.1 Å². The first kappa shape index (κ1) is 8.72. The van der Waals surface area contributed by atoms with Gasteiger partial charge in [-0.2, -0.15) is 0 Å². The molecule has 13 heavy (non-hydrogen) atoms. The first-order valence-corrected chi connectivity index (χ1v) is 4.96. The summed E-state index contributed by atoms with van der Waals surface area (Å²) in [7, 11) is 1.61. The molecule has 1 aromatic carbocycles. The highest BCUT2D eigenvalue weighted by Gasteiger charge is 2.06. The van der Waals surface area contributed by atoms with E-state index >= 15 is 0 Å². The van der Waals surface area contributed by atoms with Crippen LogP contribution in [0.5, 0.6) is 10.8 Å². The van der Waals surface area contributed by atoms with Crippen molar-refractivity contribution < 1.29 is 9.84 Å². The van der Waals surface area contributed by atoms with Gasteiger partial charge < -0.3 is 9.84 Å². The molecule has 68 valence electrons. The molecule has 2 rings (SSSR count). The van der Waals surface area contributed by atoms with Crippen molar-refractivity contribution in [1.29, 1.82) is 0 Å². The third-order valence-electron chi connectivity index (χ3n) is 1.76. The highest BCUT2D eigenvalue weighted by molar-refractivity contribution is 7.80. The fraction of sp³-hybridized carbons (Fsp3) is 0.111. The summed E-state index contributed by atoms with van der Waals surface area (Å²) >= 11 is 5.60. The third-order valence-corrected chi connectivity index (χ3v) is 3.15. The van der Waals surface area contributed by atoms with Crippen LogP contribution < -0.4 is 4.74 Å². The van der Waals surface area contributed by atoms with Gasteiger partial charge in [-0.05, 0) is 18.2 Å². The Labute approximate surface area is 85.2 Å². The van der Waals surface area contributed by atoms with Gasteiger partial charge in [0, 0.05) is 10.3 Å². The lowest BCUT2D eigenvalue weighted by molar-refractivity contribution is 0.427. The second-order valence-corrected chi connectivity index (χ2v) is 4.18. The van der Waals surface area contributed by atoms with Crippen LogP contribution in [0.15, 0.2) is 23.1 Å². The molecule has 0 spiro atoms. The number of phenolic OH excluding ortho intramolecular Hbond substituents is 1. The van der Waals surface area contributed by atoms with Crippen LogP contribution in [0, 0.1) is 0 Å². The largest absolute Gasteiger partial charge is 0.506 e. The molecule has 0 saturated carbocycles. The third kappa shape index (κ3) is 1.47. The van der Waals surface area contributed by atoms with Gasteiger partial charge in [-0.3, -0.25) is 0 Å². The molecule has 4 heteroatoms. The van der Waals surface area contributed by atoms with Crippen molar-refractivity contribution in [3.63, 3.8) is 0 Å². The van der Waals surface area contributed by atoms with Gasteiger partial charge in [0.2, 0.25) is 0 Å². The van der Waals surface area contributed by atoms with Crippen LogP contribution in [-0.4, -0.2) is 12.2 Å². The zero-order chi connectivity index (χ0) is 9.42. The van der Waals surface area contributed by atoms with Gasteiger partial charge in [0.25, 0.3) is 0 Å². The molecule has 0 fully saturated rings. The fourth-order valence-electron chi connectivity index (χ4n) is 1.20. The smallest absolute Gasteiger partial charge is 0.174 e. The highest BCUT2D eigenvalue weighted by atomic mass is 32.1. The van der Waals surface area contributed by atoms with E-state index in [9.17, 15) is 5.11 Å². The second-order valence-electron chi connectivity index (χ2n) is 2.65. The van der Waals surface area contributed by atoms with E-state index < -0.39 is 0 Å². The Kier molecular flexibility index (Phi) is 2.09. The predicted octanol–water partition coefficient (Wildman–Crippen LogP) is 2.90. The zero-order valence-electron chi connectivity index (χ0n) is 6.94. The number of hydrogen-bond acceptors (Lipinski definition) is 4. The lowest BCUT2D eigenvalue weighted by Crippen LogP contribution is -1.73. The molecule has 1 aromatic heterocycles. The molecule has 0 amide bonds. The minimum absolute atomic E-state index is 0.260. The average molecular weight is 212 g/mol. The van der Waals surface area contributed by atoms with E-state index in [0.29, 0.717) is 0 Å². The summed E-state index contributed by atoms with van der Waals surface area (Å²) in [5.41, 5.74) is 0. The summed E-state index contributed by atoms with van der Waals surface area (Å²) in [4.78, 5) is 0.755. The minimum atomic E-state index is 0.260. The molecule has 0 aliphatic heterocycles. The monoisotopic (exact) mass is 212 g/mol. The van der Waals surface area contributed by atoms with Gasteiger partial charge in [-0.25, -0.2) is 0 Å². The normalized spacial score (nSPS) is 10.6. The van der Waals surface area contributed by atoms with E-state index in [0.717, 1.165) is 20.0 Å². The number of aromatic hydroxyl groups is 1. The molecule has 0 atom stereocenters. The van der Waals surface area contributed by atoms with Crippen LogP contribution in [0.25, 0.3) is 10.1 Å². The number of hydrogen-bond donors (Lipinski definition) is 2. The SMILES string of the molecule is COc1cc2cc(S)cc(O)c2s1. The summed E-state index contributed by atoms with van der Waals surface area (Å²) in [5.74, 6) is 0.260. The van der Waals surface area contributed by atoms with Crippen molar-refractivity contribution in [3.8, 4) is 10.8 Å². The summed E-state index contributed by atoms with van der Waals surface area (Å²) < 4.78 is 5.92. The zero-order valence-corrected chi connectivity index (χ0v) is 8.65. The quantitative estimate of drug-likeness (QED) is 0.712. The van der Waals surface area contributed by atoms with Crippen molar-refractivity contribution in [2.75, 3.05) is 7.11 Å². The van der Waals surface area contributed by atoms with Crippen LogP contribution in [-0.2, 0) is 0 Å². The first-order valence-electron chi connectivity index (χ1n) is 3.70. The van der Waals surface area contributed by atoms with Crippen LogP contribution in [0.3, 0.4) is 0 Å². The molecule has 2 aromatic rings. The fourth-order valence-corrected chi connectivity index (χ4v) is 2.33. The van der Waals surface area contributed by atoms with E-state index in [-0.39, 0.29) is 5.75 Å². The maximum Gasteiger partial charge on any atom is 0.174 e. The van der Waals surface area contributed by atoms with Crippen LogP contribution >= 0.6 is 24.0 Å². The second kappa shape index (κ2) is 3.12. The van der Waals surface area contributed by atoms with E-state index in [4.69, 9.17) is 4.74 Å². The molecule has 0 aliphatic rings. The molecular weight excluding hydrogens is 204 g/mol. The number of benzene rings is 1. The van der Waals surface area contributed by atoms with Crippen LogP contribution in [0.1, 0.15) is 0 Å². The average Bonchev–Trinajstić information content (AvgIpc) is 2.47. The lowest BCUT2D eigenvalue weighted by atomic mass is 10.2. The summed E-state index contributed by atoms with van der Waals surface area (Å²) in [5, 5.41) is 11.3. The Hall–Kier alpha value is -0.870. The van der Waals surface area contributed by atoms with E-state index in [1.165, 1.54) is 11.3 Å². The van der Waals surface area contributed by atoms with Crippen molar-refractivity contribution >= 4 is 34.1 Å². The van der Waals surface area contributed by atoms with Gasteiger partial charge in [0.05, 0.1) is 11.8 Å². The van der Waals surface area contributed by atoms with Gasteiger partial charge in [0.1, 0.15) is 5.75 Å². The highest BCUT2D eigenvalue weighted by Crippen LogP contribution is 2.38. The Bertz CT molecular complexity index is 448. The van der Waals surface area contributed by atoms with E-state index in [2.05, 4.69) is 12.6 Å². The number of methoxy groups -OCH3 is 1. The molecular formula is C9H8O2S2. The Balaban J connectivity index is 2.75. The van der Waals surface area contributed by atoms with Gasteiger partial charge >= 0.3 is 0 Å². The van der Waals surface area contributed by atoms with Gasteiger partial charge in [-0.15, -0.1) is 12.6 Å². The first-order chi connectivity index (χ1) is 6.20. The molecule has 0 radical (unpaired) electrons. The Morgan fingerprint density at radius 2 is 2.15 bits per heavy atom. The summed E-state index contributed by atoms with van der Waals surface area (Å²) in [6, 6.07) is 5.41.